The van der Waals surface area contributed by atoms with Crippen molar-refractivity contribution >= 4 is 5.91 Å². The third-order valence-corrected chi connectivity index (χ3v) is 5.43. The fourth-order valence-electron chi connectivity index (χ4n) is 3.85. The van der Waals surface area contributed by atoms with Crippen LogP contribution in [0.25, 0.3) is 0 Å². The van der Waals surface area contributed by atoms with E-state index in [0.29, 0.717) is 24.0 Å². The zero-order chi connectivity index (χ0) is 18.5. The van der Waals surface area contributed by atoms with Crippen molar-refractivity contribution in [3.8, 4) is 5.88 Å². The van der Waals surface area contributed by atoms with Crippen molar-refractivity contribution in [3.63, 3.8) is 0 Å². The number of carbonyl (C=O) groups excluding carboxylic acids is 1. The number of benzene rings is 1. The average Bonchev–Trinajstić information content (AvgIpc) is 3.22. The molecule has 3 heterocycles. The summed E-state index contributed by atoms with van der Waals surface area (Å²) in [6, 6.07) is 14.1. The molecule has 0 radical (unpaired) electrons. The van der Waals surface area contributed by atoms with Crippen LogP contribution in [0.5, 0.6) is 5.88 Å². The van der Waals surface area contributed by atoms with Gasteiger partial charge >= 0.3 is 0 Å². The van der Waals surface area contributed by atoms with Crippen LogP contribution >= 0.6 is 0 Å². The summed E-state index contributed by atoms with van der Waals surface area (Å²) in [5.74, 6) is 1.23. The van der Waals surface area contributed by atoms with Gasteiger partial charge in [-0.15, -0.1) is 0 Å². The highest BCUT2D eigenvalue weighted by Gasteiger charge is 2.24. The quantitative estimate of drug-likeness (QED) is 0.814. The third-order valence-electron chi connectivity index (χ3n) is 5.43. The number of nitrogens with zero attached hydrogens (tertiary/aromatic N) is 2. The Morgan fingerprint density at radius 1 is 1.15 bits per heavy atom. The largest absolute Gasteiger partial charge is 0.472 e. The van der Waals surface area contributed by atoms with E-state index in [-0.39, 0.29) is 12.0 Å². The molecule has 4 rings (SSSR count). The van der Waals surface area contributed by atoms with E-state index in [0.717, 1.165) is 45.4 Å². The van der Waals surface area contributed by atoms with E-state index < -0.39 is 0 Å². The molecule has 2 aliphatic rings. The molecule has 1 atom stereocenters. The first-order valence-corrected chi connectivity index (χ1v) is 9.81. The highest BCUT2D eigenvalue weighted by molar-refractivity contribution is 5.94. The zero-order valence-electron chi connectivity index (χ0n) is 15.5. The van der Waals surface area contributed by atoms with Gasteiger partial charge in [-0.25, -0.2) is 4.98 Å². The van der Waals surface area contributed by atoms with Crippen molar-refractivity contribution in [2.75, 3.05) is 26.3 Å². The molecule has 27 heavy (non-hydrogen) atoms. The van der Waals surface area contributed by atoms with Crippen molar-refractivity contribution in [2.45, 2.75) is 31.8 Å². The number of amides is 1. The van der Waals surface area contributed by atoms with E-state index in [2.05, 4.69) is 35.3 Å². The number of hydrogen-bond donors (Lipinski definition) is 0. The van der Waals surface area contributed by atoms with E-state index in [1.54, 1.807) is 18.3 Å². The SMILES string of the molecule is O=C(c1ccnc(OC2CCOC2)c1)N1CCC(Cc2ccccc2)CC1. The second-order valence-electron chi connectivity index (χ2n) is 7.41. The molecule has 0 N–H and O–H groups in total. The maximum absolute atomic E-state index is 12.9. The molecule has 2 fully saturated rings. The van der Waals surface area contributed by atoms with Gasteiger partial charge in [0.05, 0.1) is 13.2 Å². The van der Waals surface area contributed by atoms with Crippen LogP contribution in [0, 0.1) is 5.92 Å². The number of pyridine rings is 1. The average molecular weight is 366 g/mol. The molecule has 0 spiro atoms. The van der Waals surface area contributed by atoms with Gasteiger partial charge in [-0.1, -0.05) is 30.3 Å². The minimum atomic E-state index is 0.0385. The minimum absolute atomic E-state index is 0.0385. The van der Waals surface area contributed by atoms with E-state index in [4.69, 9.17) is 9.47 Å². The van der Waals surface area contributed by atoms with E-state index >= 15 is 0 Å². The molecule has 2 saturated heterocycles. The van der Waals surface area contributed by atoms with Crippen molar-refractivity contribution in [1.29, 1.82) is 0 Å². The van der Waals surface area contributed by atoms with Gasteiger partial charge in [0.1, 0.15) is 6.10 Å². The number of ether oxygens (including phenoxy) is 2. The number of likely N-dealkylation sites (tertiary alicyclic amines) is 1. The number of piperidine rings is 1. The standard InChI is InChI=1S/C22H26N2O3/c25-22(19-6-10-23-21(15-19)27-20-9-13-26-16-20)24-11-7-18(8-12-24)14-17-4-2-1-3-5-17/h1-6,10,15,18,20H,7-9,11-14,16H2. The van der Waals surface area contributed by atoms with Gasteiger partial charge in [-0.3, -0.25) is 4.79 Å². The Hall–Kier alpha value is -2.40. The van der Waals surface area contributed by atoms with Crippen LogP contribution in [0.15, 0.2) is 48.7 Å². The summed E-state index contributed by atoms with van der Waals surface area (Å²) < 4.78 is 11.2. The van der Waals surface area contributed by atoms with Crippen molar-refractivity contribution < 1.29 is 14.3 Å². The van der Waals surface area contributed by atoms with Crippen LogP contribution in [0.4, 0.5) is 0 Å². The van der Waals surface area contributed by atoms with E-state index in [1.807, 2.05) is 4.90 Å². The lowest BCUT2D eigenvalue weighted by Gasteiger charge is -2.32. The van der Waals surface area contributed by atoms with Crippen LogP contribution in [-0.4, -0.2) is 48.2 Å². The first-order chi connectivity index (χ1) is 13.3. The van der Waals surface area contributed by atoms with Gasteiger partial charge in [0.2, 0.25) is 5.88 Å². The summed E-state index contributed by atoms with van der Waals surface area (Å²) in [4.78, 5) is 19.1. The van der Waals surface area contributed by atoms with Crippen LogP contribution in [0.3, 0.4) is 0 Å². The Morgan fingerprint density at radius 3 is 2.70 bits per heavy atom. The zero-order valence-corrected chi connectivity index (χ0v) is 15.5. The van der Waals surface area contributed by atoms with Crippen molar-refractivity contribution in [3.05, 3.63) is 59.8 Å². The summed E-state index contributed by atoms with van der Waals surface area (Å²) in [5.41, 5.74) is 2.04. The van der Waals surface area contributed by atoms with Crippen molar-refractivity contribution in [2.24, 2.45) is 5.92 Å². The topological polar surface area (TPSA) is 51.7 Å². The Kier molecular flexibility index (Phi) is 5.68. The molecule has 2 aromatic rings. The summed E-state index contributed by atoms with van der Waals surface area (Å²) in [6.07, 6.45) is 5.76. The lowest BCUT2D eigenvalue weighted by atomic mass is 9.90. The maximum Gasteiger partial charge on any atom is 0.254 e. The summed E-state index contributed by atoms with van der Waals surface area (Å²) in [6.45, 7) is 2.94. The molecule has 2 aliphatic heterocycles. The lowest BCUT2D eigenvalue weighted by Crippen LogP contribution is -2.39. The molecule has 0 aliphatic carbocycles. The molecule has 5 nitrogen and oxygen atoms in total. The van der Waals surface area contributed by atoms with Gasteiger partial charge in [0.25, 0.3) is 5.91 Å². The molecule has 142 valence electrons. The predicted molar refractivity (Wildman–Crippen MR) is 103 cm³/mol. The molecule has 1 aromatic carbocycles. The van der Waals surface area contributed by atoms with Crippen molar-refractivity contribution in [1.82, 2.24) is 9.88 Å². The summed E-state index contributed by atoms with van der Waals surface area (Å²) >= 11 is 0. The fourth-order valence-corrected chi connectivity index (χ4v) is 3.85. The molecule has 5 heteroatoms. The highest BCUT2D eigenvalue weighted by atomic mass is 16.5. The van der Waals surface area contributed by atoms with Crippen LogP contribution in [0.2, 0.25) is 0 Å². The van der Waals surface area contributed by atoms with Gasteiger partial charge in [-0.2, -0.15) is 0 Å². The number of rotatable bonds is 5. The second-order valence-corrected chi connectivity index (χ2v) is 7.41. The predicted octanol–water partition coefficient (Wildman–Crippen LogP) is 3.34. The number of aromatic nitrogens is 1. The van der Waals surface area contributed by atoms with E-state index in [9.17, 15) is 4.79 Å². The summed E-state index contributed by atoms with van der Waals surface area (Å²) in [7, 11) is 0. The highest BCUT2D eigenvalue weighted by Crippen LogP contribution is 2.24. The molecule has 1 unspecified atom stereocenters. The van der Waals surface area contributed by atoms with E-state index in [1.165, 1.54) is 5.56 Å². The number of hydrogen-bond acceptors (Lipinski definition) is 4. The van der Waals surface area contributed by atoms with Crippen LogP contribution in [-0.2, 0) is 11.2 Å². The normalized spacial score (nSPS) is 20.6. The summed E-state index contributed by atoms with van der Waals surface area (Å²) in [5, 5.41) is 0. The molecular weight excluding hydrogens is 340 g/mol. The molecule has 0 saturated carbocycles. The molecule has 0 bridgehead atoms. The Bertz CT molecular complexity index is 751. The van der Waals surface area contributed by atoms with Crippen LogP contribution < -0.4 is 4.74 Å². The Balaban J connectivity index is 1.32. The maximum atomic E-state index is 12.9. The van der Waals surface area contributed by atoms with Gasteiger partial charge in [0.15, 0.2) is 0 Å². The second kappa shape index (κ2) is 8.53. The van der Waals surface area contributed by atoms with Gasteiger partial charge in [0, 0.05) is 37.3 Å². The Labute approximate surface area is 160 Å². The third kappa shape index (κ3) is 4.66. The molecule has 1 aromatic heterocycles. The molecular formula is C22H26N2O3. The van der Waals surface area contributed by atoms with Crippen LogP contribution in [0.1, 0.15) is 35.2 Å². The first-order valence-electron chi connectivity index (χ1n) is 9.81. The molecule has 1 amide bonds. The minimum Gasteiger partial charge on any atom is -0.472 e. The smallest absolute Gasteiger partial charge is 0.254 e. The monoisotopic (exact) mass is 366 g/mol. The number of carbonyl (C=O) groups is 1. The van der Waals surface area contributed by atoms with Gasteiger partial charge in [-0.05, 0) is 36.8 Å². The fraction of sp³-hybridized carbons (Fsp3) is 0.455. The first kappa shape index (κ1) is 18.0. The van der Waals surface area contributed by atoms with Gasteiger partial charge < -0.3 is 14.4 Å². The lowest BCUT2D eigenvalue weighted by molar-refractivity contribution is 0.0689. The Morgan fingerprint density at radius 2 is 1.96 bits per heavy atom.